The number of aryl methyl sites for hydroxylation is 2. The molecule has 0 spiro atoms. The number of hydrogen-bond donors (Lipinski definition) is 2. The number of amides is 2. The van der Waals surface area contributed by atoms with Gasteiger partial charge in [0.05, 0.1) is 10.2 Å². The van der Waals surface area contributed by atoms with Gasteiger partial charge in [0, 0.05) is 11.4 Å². The summed E-state index contributed by atoms with van der Waals surface area (Å²) < 4.78 is 12.2. The number of anilines is 2. The van der Waals surface area contributed by atoms with Crippen LogP contribution in [0.2, 0.25) is 0 Å². The Labute approximate surface area is 224 Å². The van der Waals surface area contributed by atoms with Crippen LogP contribution in [0.25, 0.3) is 6.08 Å². The van der Waals surface area contributed by atoms with E-state index < -0.39 is 5.91 Å². The fourth-order valence-corrected chi connectivity index (χ4v) is 4.13. The third-order valence-corrected chi connectivity index (χ3v) is 5.85. The summed E-state index contributed by atoms with van der Waals surface area (Å²) >= 11 is 2.08. The van der Waals surface area contributed by atoms with E-state index in [0.29, 0.717) is 32.9 Å². The van der Waals surface area contributed by atoms with Gasteiger partial charge in [-0.1, -0.05) is 30.3 Å². The number of benzene rings is 3. The van der Waals surface area contributed by atoms with Gasteiger partial charge in [0.25, 0.3) is 11.8 Å². The van der Waals surface area contributed by atoms with Crippen molar-refractivity contribution >= 4 is 51.9 Å². The monoisotopic (exact) mass is 595 g/mol. The summed E-state index contributed by atoms with van der Waals surface area (Å²) in [6.07, 6.45) is 1.49. The average molecular weight is 595 g/mol. The van der Waals surface area contributed by atoms with Crippen molar-refractivity contribution in [1.82, 2.24) is 0 Å². The zero-order chi connectivity index (χ0) is 26.1. The molecule has 0 fully saturated rings. The molecule has 0 atom stereocenters. The number of carbonyl (C=O) groups excluding carboxylic acids is 2. The molecule has 0 saturated carbocycles. The van der Waals surface area contributed by atoms with E-state index in [1.165, 1.54) is 6.08 Å². The van der Waals surface area contributed by atoms with Crippen LogP contribution in [0.3, 0.4) is 0 Å². The molecule has 2 N–H and O–H groups in total. The Kier molecular flexibility index (Phi) is 9.47. The molecule has 3 aromatic carbocycles. The topological polar surface area (TPSA) is 100 Å². The Balaban J connectivity index is 1.78. The van der Waals surface area contributed by atoms with Crippen molar-refractivity contribution in [2.24, 2.45) is 0 Å². The van der Waals surface area contributed by atoms with Crippen LogP contribution in [0.1, 0.15) is 23.6 Å². The first kappa shape index (κ1) is 26.8. The molecule has 3 rings (SSSR count). The summed E-state index contributed by atoms with van der Waals surface area (Å²) in [5.74, 6) is 0.0170. The lowest BCUT2D eigenvalue weighted by atomic mass is 10.1. The number of rotatable bonds is 9. The molecule has 0 unspecified atom stereocenters. The largest absolute Gasteiger partial charge is 0.490 e. The van der Waals surface area contributed by atoms with E-state index in [9.17, 15) is 14.9 Å². The standard InChI is InChI=1S/C28H26IN3O4/c1-4-35-25-15-20(13-21(16-30)28(34)31-22-10-7-8-18(2)12-22)14-23(29)27(25)36-17-26(33)32-24-11-6-5-9-19(24)3/h5-15H,4,17H2,1-3H3,(H,31,34)(H,32,33)/b21-13+. The van der Waals surface area contributed by atoms with Crippen LogP contribution in [0.5, 0.6) is 11.5 Å². The first-order valence-corrected chi connectivity index (χ1v) is 12.3. The summed E-state index contributed by atoms with van der Waals surface area (Å²) in [6, 6.07) is 20.2. The van der Waals surface area contributed by atoms with Crippen LogP contribution >= 0.6 is 22.6 Å². The van der Waals surface area contributed by atoms with Gasteiger partial charge >= 0.3 is 0 Å². The molecule has 0 radical (unpaired) electrons. The van der Waals surface area contributed by atoms with Gasteiger partial charge in [0.15, 0.2) is 18.1 Å². The minimum absolute atomic E-state index is 0.0546. The molecule has 0 aliphatic carbocycles. The minimum atomic E-state index is -0.510. The Bertz CT molecular complexity index is 1340. The van der Waals surface area contributed by atoms with Gasteiger partial charge in [-0.3, -0.25) is 9.59 Å². The lowest BCUT2D eigenvalue weighted by molar-refractivity contribution is -0.118. The molecule has 0 aliphatic heterocycles. The zero-order valence-electron chi connectivity index (χ0n) is 20.2. The number of ether oxygens (including phenoxy) is 2. The summed E-state index contributed by atoms with van der Waals surface area (Å²) in [6.45, 7) is 5.83. The van der Waals surface area contributed by atoms with Gasteiger partial charge in [-0.05, 0) is 96.5 Å². The van der Waals surface area contributed by atoms with E-state index >= 15 is 0 Å². The van der Waals surface area contributed by atoms with Gasteiger partial charge in [-0.25, -0.2) is 0 Å². The highest BCUT2D eigenvalue weighted by Crippen LogP contribution is 2.35. The second kappa shape index (κ2) is 12.7. The Hall–Kier alpha value is -3.84. The van der Waals surface area contributed by atoms with E-state index in [0.717, 1.165) is 16.8 Å². The Morgan fingerprint density at radius 3 is 2.50 bits per heavy atom. The molecular weight excluding hydrogens is 569 g/mol. The van der Waals surface area contributed by atoms with E-state index in [1.807, 2.05) is 69.3 Å². The molecule has 8 heteroatoms. The number of nitriles is 1. The molecule has 0 aromatic heterocycles. The normalized spacial score (nSPS) is 10.8. The highest BCUT2D eigenvalue weighted by molar-refractivity contribution is 14.1. The lowest BCUT2D eigenvalue weighted by Crippen LogP contribution is -2.21. The summed E-state index contributed by atoms with van der Waals surface area (Å²) in [5, 5.41) is 15.2. The predicted molar refractivity (Wildman–Crippen MR) is 149 cm³/mol. The molecule has 2 amide bonds. The number of para-hydroxylation sites is 1. The smallest absolute Gasteiger partial charge is 0.266 e. The third kappa shape index (κ3) is 7.33. The molecule has 3 aromatic rings. The van der Waals surface area contributed by atoms with Gasteiger partial charge in [0.1, 0.15) is 11.6 Å². The van der Waals surface area contributed by atoms with Crippen LogP contribution in [-0.4, -0.2) is 25.0 Å². The summed E-state index contributed by atoms with van der Waals surface area (Å²) in [5.41, 5.74) is 3.81. The van der Waals surface area contributed by atoms with Crippen molar-refractivity contribution in [3.05, 3.63) is 86.5 Å². The summed E-state index contributed by atoms with van der Waals surface area (Å²) in [7, 11) is 0. The number of halogens is 1. The number of carbonyl (C=O) groups is 2. The van der Waals surface area contributed by atoms with E-state index in [2.05, 4.69) is 33.2 Å². The van der Waals surface area contributed by atoms with E-state index in [1.54, 1.807) is 18.2 Å². The molecular formula is C28H26IN3O4. The van der Waals surface area contributed by atoms with Gasteiger partial charge in [-0.15, -0.1) is 0 Å². The third-order valence-electron chi connectivity index (χ3n) is 5.05. The van der Waals surface area contributed by atoms with Crippen molar-refractivity contribution in [2.75, 3.05) is 23.8 Å². The molecule has 184 valence electrons. The number of nitrogens with one attached hydrogen (secondary N) is 2. The fraction of sp³-hybridized carbons (Fsp3) is 0.179. The second-order valence-electron chi connectivity index (χ2n) is 7.91. The van der Waals surface area contributed by atoms with Crippen LogP contribution in [-0.2, 0) is 9.59 Å². The predicted octanol–water partition coefficient (Wildman–Crippen LogP) is 5.87. The quantitative estimate of drug-likeness (QED) is 0.183. The lowest BCUT2D eigenvalue weighted by Gasteiger charge is -2.15. The Morgan fingerprint density at radius 1 is 1.03 bits per heavy atom. The number of nitrogens with zero attached hydrogens (tertiary/aromatic N) is 1. The zero-order valence-corrected chi connectivity index (χ0v) is 22.4. The first-order chi connectivity index (χ1) is 17.3. The van der Waals surface area contributed by atoms with Gasteiger partial charge < -0.3 is 20.1 Å². The number of hydrogen-bond acceptors (Lipinski definition) is 5. The van der Waals surface area contributed by atoms with E-state index in [-0.39, 0.29) is 18.1 Å². The second-order valence-corrected chi connectivity index (χ2v) is 9.07. The van der Waals surface area contributed by atoms with Gasteiger partial charge in [0.2, 0.25) is 0 Å². The van der Waals surface area contributed by atoms with Crippen LogP contribution in [0.15, 0.2) is 66.2 Å². The highest BCUT2D eigenvalue weighted by Gasteiger charge is 2.16. The first-order valence-electron chi connectivity index (χ1n) is 11.2. The maximum Gasteiger partial charge on any atom is 0.266 e. The van der Waals surface area contributed by atoms with Crippen molar-refractivity contribution in [1.29, 1.82) is 5.26 Å². The van der Waals surface area contributed by atoms with Gasteiger partial charge in [-0.2, -0.15) is 5.26 Å². The highest BCUT2D eigenvalue weighted by atomic mass is 127. The van der Waals surface area contributed by atoms with Crippen LogP contribution < -0.4 is 20.1 Å². The van der Waals surface area contributed by atoms with Crippen molar-refractivity contribution in [3.8, 4) is 17.6 Å². The SMILES string of the molecule is CCOc1cc(/C=C(\C#N)C(=O)Nc2cccc(C)c2)cc(I)c1OCC(=O)Nc1ccccc1C. The van der Waals surface area contributed by atoms with Crippen LogP contribution in [0, 0.1) is 28.7 Å². The molecule has 0 saturated heterocycles. The maximum absolute atomic E-state index is 12.7. The van der Waals surface area contributed by atoms with Crippen molar-refractivity contribution in [2.45, 2.75) is 20.8 Å². The average Bonchev–Trinajstić information content (AvgIpc) is 2.83. The summed E-state index contributed by atoms with van der Waals surface area (Å²) in [4.78, 5) is 25.1. The maximum atomic E-state index is 12.7. The Morgan fingerprint density at radius 2 is 1.81 bits per heavy atom. The van der Waals surface area contributed by atoms with Crippen molar-refractivity contribution in [3.63, 3.8) is 0 Å². The molecule has 7 nitrogen and oxygen atoms in total. The van der Waals surface area contributed by atoms with E-state index in [4.69, 9.17) is 9.47 Å². The minimum Gasteiger partial charge on any atom is -0.490 e. The van der Waals surface area contributed by atoms with Crippen LogP contribution in [0.4, 0.5) is 11.4 Å². The van der Waals surface area contributed by atoms with Crippen molar-refractivity contribution < 1.29 is 19.1 Å². The molecule has 0 bridgehead atoms. The molecule has 36 heavy (non-hydrogen) atoms. The molecule has 0 heterocycles. The fourth-order valence-electron chi connectivity index (χ4n) is 3.35. The molecule has 0 aliphatic rings.